The summed E-state index contributed by atoms with van der Waals surface area (Å²) in [7, 11) is 1.58. The molecule has 6 heteroatoms. The quantitative estimate of drug-likeness (QED) is 0.581. The van der Waals surface area contributed by atoms with Crippen molar-refractivity contribution in [1.82, 2.24) is 4.98 Å². The molecule has 1 amide bonds. The largest absolute Gasteiger partial charge is 0.468 e. The second-order valence-electron chi connectivity index (χ2n) is 7.02. The van der Waals surface area contributed by atoms with E-state index in [9.17, 15) is 4.79 Å². The van der Waals surface area contributed by atoms with E-state index in [1.165, 1.54) is 18.9 Å². The van der Waals surface area contributed by atoms with Gasteiger partial charge in [0, 0.05) is 26.3 Å². The summed E-state index contributed by atoms with van der Waals surface area (Å²) in [6.45, 7) is 4.58. The van der Waals surface area contributed by atoms with Gasteiger partial charge in [0.2, 0.25) is 5.91 Å². The van der Waals surface area contributed by atoms with Crippen molar-refractivity contribution in [3.05, 3.63) is 54.2 Å². The highest BCUT2D eigenvalue weighted by Gasteiger charge is 2.16. The number of benzene rings is 1. The molecule has 0 saturated carbocycles. The predicted molar refractivity (Wildman–Crippen MR) is 111 cm³/mol. The summed E-state index contributed by atoms with van der Waals surface area (Å²) in [5.74, 6) is 2.28. The van der Waals surface area contributed by atoms with Crippen LogP contribution in [0.2, 0.25) is 0 Å². The van der Waals surface area contributed by atoms with Crippen molar-refractivity contribution >= 4 is 23.5 Å². The van der Waals surface area contributed by atoms with Crippen LogP contribution in [-0.2, 0) is 9.53 Å². The summed E-state index contributed by atoms with van der Waals surface area (Å²) in [6.07, 6.45) is 7.37. The lowest BCUT2D eigenvalue weighted by Crippen LogP contribution is -2.33. The summed E-state index contributed by atoms with van der Waals surface area (Å²) in [5.41, 5.74) is 1.60. The maximum absolute atomic E-state index is 12.1. The van der Waals surface area contributed by atoms with Crippen LogP contribution in [0.15, 0.2) is 48.7 Å². The Morgan fingerprint density at radius 3 is 2.61 bits per heavy atom. The highest BCUT2D eigenvalue weighted by molar-refractivity contribution is 6.01. The number of carbonyl (C=O) groups excluding carboxylic acids is 1. The van der Waals surface area contributed by atoms with Gasteiger partial charge in [-0.2, -0.15) is 0 Å². The average molecular weight is 381 g/mol. The molecule has 1 aromatic heterocycles. The highest BCUT2D eigenvalue weighted by Crippen LogP contribution is 2.22. The van der Waals surface area contributed by atoms with Gasteiger partial charge in [-0.25, -0.2) is 4.98 Å². The minimum atomic E-state index is -0.193. The molecule has 3 rings (SSSR count). The van der Waals surface area contributed by atoms with Gasteiger partial charge in [0.25, 0.3) is 0 Å². The van der Waals surface area contributed by atoms with E-state index < -0.39 is 0 Å². The van der Waals surface area contributed by atoms with E-state index in [0.29, 0.717) is 5.69 Å². The summed E-state index contributed by atoms with van der Waals surface area (Å²) in [6, 6.07) is 11.3. The van der Waals surface area contributed by atoms with Crippen LogP contribution in [0, 0.1) is 5.92 Å². The third-order valence-electron chi connectivity index (χ3n) is 4.77. The van der Waals surface area contributed by atoms with E-state index in [-0.39, 0.29) is 12.7 Å². The van der Waals surface area contributed by atoms with Gasteiger partial charge in [0.05, 0.1) is 11.9 Å². The number of anilines is 2. The minimum Gasteiger partial charge on any atom is -0.468 e. The molecular formula is C22H27N3O3. The number of pyridine rings is 1. The number of amides is 1. The molecule has 1 aromatic carbocycles. The van der Waals surface area contributed by atoms with Gasteiger partial charge in [-0.1, -0.05) is 19.1 Å². The van der Waals surface area contributed by atoms with E-state index in [4.69, 9.17) is 9.47 Å². The molecule has 1 N–H and O–H groups in total. The molecule has 0 bridgehead atoms. The number of aromatic nitrogens is 1. The minimum absolute atomic E-state index is 0.193. The fourth-order valence-electron chi connectivity index (χ4n) is 3.04. The smallest absolute Gasteiger partial charge is 0.248 e. The van der Waals surface area contributed by atoms with Crippen molar-refractivity contribution in [3.8, 4) is 5.75 Å². The molecule has 0 atom stereocenters. The normalized spacial score (nSPS) is 15.0. The van der Waals surface area contributed by atoms with Crippen LogP contribution in [0.3, 0.4) is 0 Å². The summed E-state index contributed by atoms with van der Waals surface area (Å²) >= 11 is 0. The van der Waals surface area contributed by atoms with Gasteiger partial charge in [-0.15, -0.1) is 0 Å². The Labute approximate surface area is 166 Å². The zero-order chi connectivity index (χ0) is 19.8. The van der Waals surface area contributed by atoms with Crippen LogP contribution in [0.5, 0.6) is 5.75 Å². The Morgan fingerprint density at radius 1 is 1.21 bits per heavy atom. The van der Waals surface area contributed by atoms with Gasteiger partial charge in [0.15, 0.2) is 6.79 Å². The van der Waals surface area contributed by atoms with E-state index in [2.05, 4.69) is 22.1 Å². The fraction of sp³-hybridized carbons (Fsp3) is 0.364. The van der Waals surface area contributed by atoms with Gasteiger partial charge in [-0.3, -0.25) is 4.79 Å². The van der Waals surface area contributed by atoms with Crippen LogP contribution < -0.4 is 15.0 Å². The van der Waals surface area contributed by atoms with Crippen LogP contribution in [0.4, 0.5) is 11.5 Å². The van der Waals surface area contributed by atoms with Gasteiger partial charge in [-0.05, 0) is 54.7 Å². The zero-order valence-electron chi connectivity index (χ0n) is 16.4. The van der Waals surface area contributed by atoms with Crippen molar-refractivity contribution in [3.63, 3.8) is 0 Å². The number of nitrogens with one attached hydrogen (secondary N) is 1. The van der Waals surface area contributed by atoms with Crippen molar-refractivity contribution in [2.24, 2.45) is 5.92 Å². The molecule has 6 nitrogen and oxygen atoms in total. The van der Waals surface area contributed by atoms with E-state index in [1.54, 1.807) is 19.4 Å². The van der Waals surface area contributed by atoms with Crippen molar-refractivity contribution in [1.29, 1.82) is 0 Å². The van der Waals surface area contributed by atoms with Gasteiger partial charge < -0.3 is 19.7 Å². The standard InChI is InChI=1S/C22H27N3O3/c1-17-11-13-25(14-12-17)21-9-6-19(15-23-21)24-22(26)10-5-18-3-7-20(8-4-18)28-16-27-2/h3-10,15,17H,11-14,16H2,1-2H3,(H,24,26)/b10-5+. The lowest BCUT2D eigenvalue weighted by atomic mass is 9.99. The van der Waals surface area contributed by atoms with E-state index >= 15 is 0 Å². The second-order valence-corrected chi connectivity index (χ2v) is 7.02. The number of piperidine rings is 1. The van der Waals surface area contributed by atoms with Crippen molar-refractivity contribution in [2.45, 2.75) is 19.8 Å². The Balaban J connectivity index is 1.50. The van der Waals surface area contributed by atoms with E-state index in [0.717, 1.165) is 36.1 Å². The SMILES string of the molecule is COCOc1ccc(/C=C/C(=O)Nc2ccc(N3CCC(C)CC3)nc2)cc1. The molecular weight excluding hydrogens is 354 g/mol. The number of methoxy groups -OCH3 is 1. The molecule has 28 heavy (non-hydrogen) atoms. The monoisotopic (exact) mass is 381 g/mol. The lowest BCUT2D eigenvalue weighted by molar-refractivity contribution is -0.111. The molecule has 2 aromatic rings. The number of carbonyl (C=O) groups is 1. The van der Waals surface area contributed by atoms with Crippen LogP contribution in [0.25, 0.3) is 6.08 Å². The van der Waals surface area contributed by atoms with Crippen LogP contribution in [-0.4, -0.2) is 37.9 Å². The molecule has 1 aliphatic heterocycles. The van der Waals surface area contributed by atoms with E-state index in [1.807, 2.05) is 36.4 Å². The zero-order valence-corrected chi connectivity index (χ0v) is 16.4. The molecule has 1 saturated heterocycles. The Hall–Kier alpha value is -2.86. The third kappa shape index (κ3) is 5.82. The lowest BCUT2D eigenvalue weighted by Gasteiger charge is -2.31. The first-order chi connectivity index (χ1) is 13.6. The third-order valence-corrected chi connectivity index (χ3v) is 4.77. The fourth-order valence-corrected chi connectivity index (χ4v) is 3.04. The van der Waals surface area contributed by atoms with Crippen molar-refractivity contribution in [2.75, 3.05) is 37.2 Å². The predicted octanol–water partition coefficient (Wildman–Crippen LogP) is 3.95. The first-order valence-electron chi connectivity index (χ1n) is 9.56. The molecule has 148 valence electrons. The number of nitrogens with zero attached hydrogens (tertiary/aromatic N) is 2. The number of rotatable bonds is 7. The Bertz CT molecular complexity index is 780. The first-order valence-corrected chi connectivity index (χ1v) is 9.56. The maximum Gasteiger partial charge on any atom is 0.248 e. The molecule has 0 spiro atoms. The number of hydrogen-bond acceptors (Lipinski definition) is 5. The molecule has 0 radical (unpaired) electrons. The summed E-state index contributed by atoms with van der Waals surface area (Å²) in [5, 5.41) is 2.84. The maximum atomic E-state index is 12.1. The highest BCUT2D eigenvalue weighted by atomic mass is 16.7. The van der Waals surface area contributed by atoms with Crippen LogP contribution >= 0.6 is 0 Å². The first kappa shape index (κ1) is 19.9. The van der Waals surface area contributed by atoms with Gasteiger partial charge in [0.1, 0.15) is 11.6 Å². The molecule has 0 aliphatic carbocycles. The van der Waals surface area contributed by atoms with Crippen molar-refractivity contribution < 1.29 is 14.3 Å². The molecule has 2 heterocycles. The number of ether oxygens (including phenoxy) is 2. The Morgan fingerprint density at radius 2 is 1.96 bits per heavy atom. The van der Waals surface area contributed by atoms with Gasteiger partial charge >= 0.3 is 0 Å². The Kier molecular flexibility index (Phi) is 7.03. The number of hydrogen-bond donors (Lipinski definition) is 1. The molecule has 1 fully saturated rings. The molecule has 1 aliphatic rings. The summed E-state index contributed by atoms with van der Waals surface area (Å²) < 4.78 is 10.2. The van der Waals surface area contributed by atoms with Crippen LogP contribution in [0.1, 0.15) is 25.3 Å². The average Bonchev–Trinajstić information content (AvgIpc) is 2.73. The second kappa shape index (κ2) is 9.90. The summed E-state index contributed by atoms with van der Waals surface area (Å²) in [4.78, 5) is 18.9. The molecule has 0 unspecified atom stereocenters. The topological polar surface area (TPSA) is 63.7 Å².